The number of nitrogen functional groups attached to an aromatic ring is 1. The van der Waals surface area contributed by atoms with Crippen molar-refractivity contribution in [3.05, 3.63) is 29.5 Å². The Morgan fingerprint density at radius 3 is 2.38 bits per heavy atom. The van der Waals surface area contributed by atoms with Gasteiger partial charge < -0.3 is 30.8 Å². The highest BCUT2D eigenvalue weighted by molar-refractivity contribution is 6.06. The number of pyridine rings is 1. The molecule has 0 unspecified atom stereocenters. The number of anilines is 1. The lowest BCUT2D eigenvalue weighted by Gasteiger charge is -2.26. The van der Waals surface area contributed by atoms with Gasteiger partial charge in [-0.05, 0) is 32.9 Å². The van der Waals surface area contributed by atoms with Gasteiger partial charge in [0.05, 0.1) is 27.8 Å². The Kier molecular flexibility index (Phi) is 10.3. The van der Waals surface area contributed by atoms with E-state index in [0.29, 0.717) is 22.3 Å². The summed E-state index contributed by atoms with van der Waals surface area (Å²) in [7, 11) is 0. The number of aromatic nitrogens is 1. The van der Waals surface area contributed by atoms with Crippen LogP contribution in [0.5, 0.6) is 5.75 Å². The maximum Gasteiger partial charge on any atom is 0.339 e. The second kappa shape index (κ2) is 11.6. The fourth-order valence-corrected chi connectivity index (χ4v) is 2.54. The lowest BCUT2D eigenvalue weighted by molar-refractivity contribution is -0.125. The first kappa shape index (κ1) is 25.8. The summed E-state index contributed by atoms with van der Waals surface area (Å²) in [5.41, 5.74) is 6.19. The molecular formula is C20H29N3O6. The highest BCUT2D eigenvalue weighted by Crippen LogP contribution is 2.33. The molecular weight excluding hydrogens is 378 g/mol. The van der Waals surface area contributed by atoms with Crippen LogP contribution < -0.4 is 15.8 Å². The number of nitrogens with zero attached hydrogens (tertiary/aromatic N) is 1. The monoisotopic (exact) mass is 407 g/mol. The average molecular weight is 407 g/mol. The molecule has 0 spiro atoms. The Bertz CT molecular complexity index is 852. The number of hydrogen-bond acceptors (Lipinski definition) is 7. The molecule has 160 valence electrons. The molecule has 9 heteroatoms. The molecule has 1 amide bonds. The SMILES string of the molecule is C=O.CC.Cc1nc2cccc(OCC(C)(C)NC(=O)CO)c2c(N)c1C(=O)O. The van der Waals surface area contributed by atoms with Gasteiger partial charge in [0.15, 0.2) is 0 Å². The summed E-state index contributed by atoms with van der Waals surface area (Å²) in [5, 5.41) is 21.2. The highest BCUT2D eigenvalue weighted by Gasteiger charge is 2.23. The standard InChI is InChI=1S/C17H21N3O5.C2H6.CH2O/c1-9-13(16(23)24)15(18)14-10(19-9)5-4-6-11(14)25-8-17(2,3)20-12(22)7-21;2*1-2/h4-6,21H,7-8H2,1-3H3,(H2,18,19)(H,20,22)(H,23,24);1-2H3;1H2. The third-order valence-corrected chi connectivity index (χ3v) is 3.62. The van der Waals surface area contributed by atoms with Crippen molar-refractivity contribution in [2.24, 2.45) is 0 Å². The smallest absolute Gasteiger partial charge is 0.339 e. The molecule has 0 aliphatic carbocycles. The third-order valence-electron chi connectivity index (χ3n) is 3.62. The second-order valence-electron chi connectivity index (χ2n) is 6.32. The Morgan fingerprint density at radius 1 is 1.28 bits per heavy atom. The Balaban J connectivity index is 0.00000184. The fourth-order valence-electron chi connectivity index (χ4n) is 2.54. The first-order valence-corrected chi connectivity index (χ1v) is 8.92. The first-order valence-electron chi connectivity index (χ1n) is 8.92. The van der Waals surface area contributed by atoms with Crippen molar-refractivity contribution in [1.29, 1.82) is 0 Å². The van der Waals surface area contributed by atoms with Crippen LogP contribution in [0.4, 0.5) is 5.69 Å². The number of amides is 1. The minimum Gasteiger partial charge on any atom is -0.490 e. The zero-order valence-electron chi connectivity index (χ0n) is 17.4. The van der Waals surface area contributed by atoms with E-state index in [-0.39, 0.29) is 17.9 Å². The van der Waals surface area contributed by atoms with Crippen LogP contribution in [0, 0.1) is 6.92 Å². The van der Waals surface area contributed by atoms with Crippen LogP contribution in [0.3, 0.4) is 0 Å². The molecule has 0 bridgehead atoms. The number of nitrogens with one attached hydrogen (secondary N) is 1. The van der Waals surface area contributed by atoms with Gasteiger partial charge in [-0.3, -0.25) is 9.78 Å². The minimum absolute atomic E-state index is 0.0589. The van der Waals surface area contributed by atoms with Gasteiger partial charge in [-0.2, -0.15) is 0 Å². The molecule has 0 atom stereocenters. The normalized spacial score (nSPS) is 10.1. The minimum atomic E-state index is -1.16. The summed E-state index contributed by atoms with van der Waals surface area (Å²) in [4.78, 5) is 35.1. The maximum absolute atomic E-state index is 11.4. The third kappa shape index (κ3) is 6.72. The van der Waals surface area contributed by atoms with Gasteiger partial charge in [-0.1, -0.05) is 19.9 Å². The van der Waals surface area contributed by atoms with Crippen molar-refractivity contribution in [2.45, 2.75) is 40.2 Å². The molecule has 1 aromatic carbocycles. The molecule has 9 nitrogen and oxygen atoms in total. The molecule has 0 aliphatic heterocycles. The number of aromatic carboxylic acids is 1. The molecule has 0 fully saturated rings. The Labute approximate surface area is 169 Å². The van der Waals surface area contributed by atoms with Crippen LogP contribution in [0.25, 0.3) is 10.9 Å². The van der Waals surface area contributed by atoms with E-state index in [1.165, 1.54) is 0 Å². The van der Waals surface area contributed by atoms with E-state index >= 15 is 0 Å². The van der Waals surface area contributed by atoms with Crippen molar-refractivity contribution < 1.29 is 29.3 Å². The number of aryl methyl sites for hydroxylation is 1. The van der Waals surface area contributed by atoms with E-state index in [9.17, 15) is 14.7 Å². The van der Waals surface area contributed by atoms with Crippen LogP contribution in [0.15, 0.2) is 18.2 Å². The first-order chi connectivity index (χ1) is 13.7. The lowest BCUT2D eigenvalue weighted by Crippen LogP contribution is -2.48. The van der Waals surface area contributed by atoms with Crippen molar-refractivity contribution in [3.63, 3.8) is 0 Å². The predicted molar refractivity (Wildman–Crippen MR) is 111 cm³/mol. The molecule has 5 N–H and O–H groups in total. The van der Waals surface area contributed by atoms with E-state index in [4.69, 9.17) is 20.4 Å². The summed E-state index contributed by atoms with van der Waals surface area (Å²) < 4.78 is 5.78. The van der Waals surface area contributed by atoms with E-state index < -0.39 is 24.0 Å². The highest BCUT2D eigenvalue weighted by atomic mass is 16.5. The molecule has 29 heavy (non-hydrogen) atoms. The average Bonchev–Trinajstić information content (AvgIpc) is 2.68. The number of ether oxygens (including phenoxy) is 1. The van der Waals surface area contributed by atoms with E-state index in [2.05, 4.69) is 10.3 Å². The number of aliphatic hydroxyl groups excluding tert-OH is 1. The molecule has 2 aromatic rings. The fraction of sp³-hybridized carbons (Fsp3) is 0.400. The summed E-state index contributed by atoms with van der Waals surface area (Å²) in [6, 6.07) is 5.10. The predicted octanol–water partition coefficient (Wildman–Crippen LogP) is 1.93. The summed E-state index contributed by atoms with van der Waals surface area (Å²) in [6.45, 7) is 10.5. The number of carboxylic acids is 1. The van der Waals surface area contributed by atoms with Crippen LogP contribution in [-0.4, -0.2) is 52.6 Å². The molecule has 0 aliphatic rings. The largest absolute Gasteiger partial charge is 0.490 e. The molecule has 1 heterocycles. The van der Waals surface area contributed by atoms with Crippen molar-refractivity contribution >= 4 is 35.3 Å². The molecule has 0 radical (unpaired) electrons. The molecule has 1 aromatic heterocycles. The Hall–Kier alpha value is -3.20. The van der Waals surface area contributed by atoms with Gasteiger partial charge in [-0.15, -0.1) is 0 Å². The number of nitrogens with two attached hydrogens (primary N) is 1. The Morgan fingerprint density at radius 2 is 1.86 bits per heavy atom. The van der Waals surface area contributed by atoms with E-state index in [1.807, 2.05) is 20.6 Å². The van der Waals surface area contributed by atoms with E-state index in [0.717, 1.165) is 0 Å². The summed E-state index contributed by atoms with van der Waals surface area (Å²) >= 11 is 0. The van der Waals surface area contributed by atoms with Crippen LogP contribution in [0.2, 0.25) is 0 Å². The number of carboxylic acid groups (broad SMARTS) is 1. The van der Waals surface area contributed by atoms with Crippen LogP contribution in [-0.2, 0) is 9.59 Å². The molecule has 0 saturated carbocycles. The quantitative estimate of drug-likeness (QED) is 0.567. The van der Waals surface area contributed by atoms with Crippen molar-refractivity contribution in [2.75, 3.05) is 18.9 Å². The number of fused-ring (bicyclic) bond motifs is 1. The summed E-state index contributed by atoms with van der Waals surface area (Å²) in [5.74, 6) is -1.30. The number of rotatable bonds is 6. The van der Waals surface area contributed by atoms with Crippen molar-refractivity contribution in [1.82, 2.24) is 10.3 Å². The van der Waals surface area contributed by atoms with Gasteiger partial charge in [-0.25, -0.2) is 4.79 Å². The van der Waals surface area contributed by atoms with E-state index in [1.54, 1.807) is 39.0 Å². The zero-order chi connectivity index (χ0) is 22.8. The zero-order valence-corrected chi connectivity index (χ0v) is 17.4. The van der Waals surface area contributed by atoms with Gasteiger partial charge in [0.2, 0.25) is 5.91 Å². The lowest BCUT2D eigenvalue weighted by atomic mass is 10.0. The van der Waals surface area contributed by atoms with Gasteiger partial charge in [0.1, 0.15) is 31.3 Å². The van der Waals surface area contributed by atoms with Crippen LogP contribution in [0.1, 0.15) is 43.7 Å². The number of carbonyl (C=O) groups is 3. The number of benzene rings is 1. The van der Waals surface area contributed by atoms with Gasteiger partial charge in [0, 0.05) is 0 Å². The number of hydrogen-bond donors (Lipinski definition) is 4. The number of carbonyl (C=O) groups excluding carboxylic acids is 2. The van der Waals surface area contributed by atoms with Crippen LogP contribution >= 0.6 is 0 Å². The van der Waals surface area contributed by atoms with Gasteiger partial charge >= 0.3 is 5.97 Å². The topological polar surface area (TPSA) is 152 Å². The molecule has 2 rings (SSSR count). The summed E-state index contributed by atoms with van der Waals surface area (Å²) in [6.07, 6.45) is 0. The number of aliphatic hydroxyl groups is 1. The second-order valence-corrected chi connectivity index (χ2v) is 6.32. The maximum atomic E-state index is 11.4. The van der Waals surface area contributed by atoms with Gasteiger partial charge in [0.25, 0.3) is 0 Å². The van der Waals surface area contributed by atoms with Crippen molar-refractivity contribution in [3.8, 4) is 5.75 Å². The molecule has 0 saturated heterocycles.